The van der Waals surface area contributed by atoms with Crippen LogP contribution in [-0.4, -0.2) is 101 Å². The van der Waals surface area contributed by atoms with Crippen molar-refractivity contribution in [2.45, 2.75) is 85.1 Å². The van der Waals surface area contributed by atoms with Gasteiger partial charge >= 0.3 is 6.09 Å². The summed E-state index contributed by atoms with van der Waals surface area (Å²) in [5.41, 5.74) is 0.196. The second kappa shape index (κ2) is 13.3. The van der Waals surface area contributed by atoms with Crippen molar-refractivity contribution in [1.29, 1.82) is 0 Å². The Labute approximate surface area is 295 Å². The first-order valence-corrected chi connectivity index (χ1v) is 20.4. The molecule has 4 aliphatic carbocycles. The van der Waals surface area contributed by atoms with Gasteiger partial charge in [-0.3, -0.25) is 4.90 Å². The molecule has 0 aromatic heterocycles. The molecule has 3 aliphatic heterocycles. The van der Waals surface area contributed by atoms with Crippen molar-refractivity contribution in [1.82, 2.24) is 15.1 Å². The molecule has 8 nitrogen and oxygen atoms in total. The summed E-state index contributed by atoms with van der Waals surface area (Å²) < 4.78 is 62.6. The predicted molar refractivity (Wildman–Crippen MR) is 189 cm³/mol. The maximum atomic E-state index is 16.2. The van der Waals surface area contributed by atoms with E-state index in [2.05, 4.69) is 21.2 Å². The molecule has 4 atom stereocenters. The highest BCUT2D eigenvalue weighted by atomic mass is 32.2. The molecule has 0 radical (unpaired) electrons. The topological polar surface area (TPSA) is 82.2 Å². The van der Waals surface area contributed by atoms with Gasteiger partial charge in [0.1, 0.15) is 5.82 Å². The van der Waals surface area contributed by atoms with Gasteiger partial charge in [-0.1, -0.05) is 18.6 Å². The molecule has 1 N–H and O–H groups in total. The first kappa shape index (κ1) is 34.3. The fourth-order valence-corrected chi connectivity index (χ4v) is 13.0. The van der Waals surface area contributed by atoms with Crippen molar-refractivity contribution in [2.24, 2.45) is 23.7 Å². The van der Waals surface area contributed by atoms with Crippen LogP contribution in [0.4, 0.5) is 19.3 Å². The van der Waals surface area contributed by atoms with Crippen LogP contribution in [0.5, 0.6) is 0 Å². The highest BCUT2D eigenvalue weighted by Gasteiger charge is 2.54. The number of carbonyl (C=O) groups is 1. The number of methoxy groups -OCH3 is 1. The van der Waals surface area contributed by atoms with Crippen molar-refractivity contribution in [3.63, 3.8) is 0 Å². The number of carbonyl (C=O) groups excluding carboxylic acids is 1. The number of nitrogens with zero attached hydrogens (tertiary/aromatic N) is 3. The largest absolute Gasteiger partial charge is 0.453 e. The van der Waals surface area contributed by atoms with Crippen LogP contribution in [0.1, 0.15) is 63.4 Å². The van der Waals surface area contributed by atoms with Gasteiger partial charge in [-0.25, -0.2) is 22.0 Å². The number of nitrogens with one attached hydrogen (secondary N) is 1. The van der Waals surface area contributed by atoms with E-state index in [1.807, 2.05) is 23.1 Å². The number of hydrogen-bond acceptors (Lipinski definition) is 7. The average molecular weight is 711 g/mol. The minimum absolute atomic E-state index is 0.0532. The van der Waals surface area contributed by atoms with Crippen molar-refractivity contribution >= 4 is 21.6 Å². The number of sulfone groups is 1. The molecule has 4 saturated carbocycles. The van der Waals surface area contributed by atoms with Crippen molar-refractivity contribution in [3.8, 4) is 0 Å². The molecule has 11 heteroatoms. The fraction of sp³-hybridized carbons (Fsp3) is 0.667. The van der Waals surface area contributed by atoms with Gasteiger partial charge in [0.25, 0.3) is 0 Å². The molecule has 3 saturated heterocycles. The quantitative estimate of drug-likeness (QED) is 0.316. The lowest BCUT2D eigenvalue weighted by Gasteiger charge is -2.54. The summed E-state index contributed by atoms with van der Waals surface area (Å²) >= 11 is 0. The van der Waals surface area contributed by atoms with E-state index in [4.69, 9.17) is 4.74 Å². The lowest BCUT2D eigenvalue weighted by molar-refractivity contribution is 0.00584. The van der Waals surface area contributed by atoms with Crippen LogP contribution in [0.3, 0.4) is 0 Å². The van der Waals surface area contributed by atoms with E-state index in [1.165, 1.54) is 13.2 Å². The highest BCUT2D eigenvalue weighted by Crippen LogP contribution is 2.53. The molecule has 7 fully saturated rings. The predicted octanol–water partition coefficient (Wildman–Crippen LogP) is 5.81. The summed E-state index contributed by atoms with van der Waals surface area (Å²) in [5, 5.41) is 2.91. The SMILES string of the molecule is COC(=O)N[C@H]1CCC[C@@H]1[C@](CN1CCC1)(c1cccc(F)c1)C1CCN(CC2(F)CN(c3ccc(S(=O)(=O)C4CC5CC4C5)cc3)C2)CC1. The number of ether oxygens (including phenoxy) is 1. The number of piperidine rings is 1. The van der Waals surface area contributed by atoms with Gasteiger partial charge in [-0.15, -0.1) is 0 Å². The van der Waals surface area contributed by atoms with Crippen LogP contribution < -0.4 is 10.2 Å². The summed E-state index contributed by atoms with van der Waals surface area (Å²) in [6.07, 6.45) is 8.21. The van der Waals surface area contributed by atoms with E-state index >= 15 is 4.39 Å². The lowest BCUT2D eigenvalue weighted by Crippen LogP contribution is -2.65. The number of rotatable bonds is 11. The normalized spacial score (nSPS) is 30.9. The van der Waals surface area contributed by atoms with E-state index in [9.17, 15) is 17.6 Å². The average Bonchev–Trinajstić information content (AvgIpc) is 3.82. The molecule has 272 valence electrons. The molecule has 0 spiro atoms. The zero-order valence-electron chi connectivity index (χ0n) is 29.2. The summed E-state index contributed by atoms with van der Waals surface area (Å²) in [6.45, 7) is 5.36. The Morgan fingerprint density at radius 2 is 1.70 bits per heavy atom. The number of hydrogen-bond donors (Lipinski definition) is 1. The Bertz CT molecular complexity index is 1650. The Morgan fingerprint density at radius 1 is 0.960 bits per heavy atom. The smallest absolute Gasteiger partial charge is 0.407 e. The van der Waals surface area contributed by atoms with E-state index in [1.54, 1.807) is 18.2 Å². The monoisotopic (exact) mass is 710 g/mol. The highest BCUT2D eigenvalue weighted by molar-refractivity contribution is 7.92. The van der Waals surface area contributed by atoms with Crippen LogP contribution in [0.15, 0.2) is 53.4 Å². The van der Waals surface area contributed by atoms with Crippen LogP contribution in [0, 0.1) is 29.5 Å². The maximum absolute atomic E-state index is 16.2. The Kier molecular flexibility index (Phi) is 9.16. The van der Waals surface area contributed by atoms with Gasteiger partial charge < -0.3 is 19.9 Å². The minimum atomic E-state index is -3.32. The number of alkyl halides is 1. The second-order valence-corrected chi connectivity index (χ2v) is 18.6. The number of fused-ring (bicyclic) bond motifs is 1. The van der Waals surface area contributed by atoms with Crippen LogP contribution in [0.2, 0.25) is 0 Å². The summed E-state index contributed by atoms with van der Waals surface area (Å²) in [7, 11) is -1.92. The summed E-state index contributed by atoms with van der Waals surface area (Å²) in [4.78, 5) is 19.6. The van der Waals surface area contributed by atoms with Crippen molar-refractivity contribution < 1.29 is 26.7 Å². The standard InChI is InChI=1S/C39H52F2N4O4S/c1-49-37(46)42-35-8-3-7-34(35)39(26-43-15-4-16-43,30-5-2-6-31(40)22-30)29-13-17-44(18-14-29)23-38(41)24-45(25-38)32-9-11-33(12-10-32)50(47,48)36-21-27-19-28(36)20-27/h2,5-6,9-12,22,27-29,34-36H,3-4,7-8,13-21,23-26H2,1H3,(H,42,46)/t27?,28?,34-,35-,36?,39-/m0/s1. The summed E-state index contributed by atoms with van der Waals surface area (Å²) in [5.74, 6) is 1.06. The van der Waals surface area contributed by atoms with Crippen LogP contribution >= 0.6 is 0 Å². The first-order chi connectivity index (χ1) is 24.1. The molecule has 3 heterocycles. The van der Waals surface area contributed by atoms with Gasteiger partial charge in [0, 0.05) is 30.2 Å². The number of benzene rings is 2. The molecular weight excluding hydrogens is 659 g/mol. The third-order valence-corrected chi connectivity index (χ3v) is 15.8. The van der Waals surface area contributed by atoms with Crippen LogP contribution in [-0.2, 0) is 20.0 Å². The first-order valence-electron chi connectivity index (χ1n) is 18.9. The van der Waals surface area contributed by atoms with E-state index < -0.39 is 21.6 Å². The third-order valence-electron chi connectivity index (χ3n) is 13.5. The van der Waals surface area contributed by atoms with Crippen molar-refractivity contribution in [2.75, 3.05) is 64.4 Å². The summed E-state index contributed by atoms with van der Waals surface area (Å²) in [6, 6.07) is 14.2. The molecular formula is C39H52F2N4O4S. The van der Waals surface area contributed by atoms with E-state index in [-0.39, 0.29) is 47.4 Å². The number of alkyl carbamates (subject to hydrolysis) is 1. The molecule has 1 amide bonds. The third kappa shape index (κ3) is 6.23. The number of halogens is 2. The van der Waals surface area contributed by atoms with Crippen LogP contribution in [0.25, 0.3) is 0 Å². The minimum Gasteiger partial charge on any atom is -0.453 e. The zero-order valence-corrected chi connectivity index (χ0v) is 30.1. The van der Waals surface area contributed by atoms with Gasteiger partial charge in [-0.05, 0) is 143 Å². The Hall–Kier alpha value is -2.76. The van der Waals surface area contributed by atoms with E-state index in [0.717, 1.165) is 102 Å². The molecule has 7 aliphatic rings. The Morgan fingerprint density at radius 3 is 2.32 bits per heavy atom. The molecule has 1 unspecified atom stereocenters. The van der Waals surface area contributed by atoms with Gasteiger partial charge in [0.05, 0.1) is 30.3 Å². The maximum Gasteiger partial charge on any atom is 0.407 e. The second-order valence-electron chi connectivity index (χ2n) is 16.4. The molecule has 2 bridgehead atoms. The van der Waals surface area contributed by atoms with Crippen molar-refractivity contribution in [3.05, 3.63) is 59.9 Å². The Balaban J connectivity index is 0.940. The fourth-order valence-electron chi connectivity index (χ4n) is 10.9. The molecule has 2 aromatic rings. The number of amides is 1. The molecule has 2 aromatic carbocycles. The number of likely N-dealkylation sites (tertiary alicyclic amines) is 2. The van der Waals surface area contributed by atoms with Gasteiger partial charge in [0.15, 0.2) is 15.5 Å². The van der Waals surface area contributed by atoms with Gasteiger partial charge in [0.2, 0.25) is 0 Å². The molecule has 9 rings (SSSR count). The van der Waals surface area contributed by atoms with Gasteiger partial charge in [-0.2, -0.15) is 0 Å². The zero-order chi connectivity index (χ0) is 34.7. The lowest BCUT2D eigenvalue weighted by atomic mass is 9.57. The molecule has 50 heavy (non-hydrogen) atoms. The van der Waals surface area contributed by atoms with E-state index in [0.29, 0.717) is 23.3 Å². The number of anilines is 1.